The third-order valence-electron chi connectivity index (χ3n) is 2.12. The van der Waals surface area contributed by atoms with Crippen LogP contribution in [0.4, 0.5) is 13.2 Å². The number of furan rings is 1. The van der Waals surface area contributed by atoms with E-state index in [1.54, 1.807) is 0 Å². The van der Waals surface area contributed by atoms with Gasteiger partial charge in [0.25, 0.3) is 0 Å². The number of hydrogen-bond donors (Lipinski definition) is 0. The van der Waals surface area contributed by atoms with Crippen molar-refractivity contribution < 1.29 is 27.1 Å². The molecular weight excluding hydrogens is 225 g/mol. The average molecular weight is 236 g/mol. The molecule has 0 unspecified atom stereocenters. The van der Waals surface area contributed by atoms with E-state index in [4.69, 9.17) is 0 Å². The van der Waals surface area contributed by atoms with Crippen molar-refractivity contribution in [3.05, 3.63) is 22.6 Å². The smallest absolute Gasteiger partial charge is 0.450 e. The monoisotopic (exact) mass is 236 g/mol. The van der Waals surface area contributed by atoms with Gasteiger partial charge < -0.3 is 9.15 Å². The van der Waals surface area contributed by atoms with Crippen molar-refractivity contribution >= 4 is 5.97 Å². The third kappa shape index (κ3) is 2.20. The Morgan fingerprint density at radius 3 is 2.38 bits per heavy atom. The van der Waals surface area contributed by atoms with Crippen LogP contribution in [-0.2, 0) is 10.9 Å². The van der Waals surface area contributed by atoms with Crippen LogP contribution in [0.25, 0.3) is 0 Å². The molecule has 0 aliphatic rings. The summed E-state index contributed by atoms with van der Waals surface area (Å²) in [4.78, 5) is 11.4. The lowest BCUT2D eigenvalue weighted by atomic mass is 10.1. The number of hydrogen-bond acceptors (Lipinski definition) is 3. The van der Waals surface area contributed by atoms with E-state index < -0.39 is 23.5 Å². The molecule has 0 fully saturated rings. The van der Waals surface area contributed by atoms with Crippen LogP contribution in [0.5, 0.6) is 0 Å². The normalized spacial score (nSPS) is 11.6. The fourth-order valence-corrected chi connectivity index (χ4v) is 1.28. The van der Waals surface area contributed by atoms with Crippen LogP contribution in [0.1, 0.15) is 34.4 Å². The fourth-order valence-electron chi connectivity index (χ4n) is 1.28. The average Bonchev–Trinajstić information content (AvgIpc) is 2.43. The molecule has 1 aromatic rings. The van der Waals surface area contributed by atoms with Gasteiger partial charge in [0, 0.05) is 5.56 Å². The van der Waals surface area contributed by atoms with E-state index in [0.717, 1.165) is 0 Å². The third-order valence-corrected chi connectivity index (χ3v) is 2.12. The molecule has 0 amide bonds. The van der Waals surface area contributed by atoms with E-state index in [-0.39, 0.29) is 17.9 Å². The highest BCUT2D eigenvalue weighted by Gasteiger charge is 2.41. The molecule has 0 N–H and O–H groups in total. The maximum absolute atomic E-state index is 12.5. The number of carbonyl (C=O) groups is 1. The molecule has 0 radical (unpaired) electrons. The van der Waals surface area contributed by atoms with Gasteiger partial charge in [0.2, 0.25) is 5.76 Å². The standard InChI is InChI=1S/C10H11F3O3/c1-4-15-9(14)7-5(2)6(3)16-8(7)10(11,12)13/h4H2,1-3H3. The first-order chi connectivity index (χ1) is 7.29. The van der Waals surface area contributed by atoms with Gasteiger partial charge in [-0.2, -0.15) is 13.2 Å². The maximum atomic E-state index is 12.5. The molecule has 90 valence electrons. The van der Waals surface area contributed by atoms with Crippen molar-refractivity contribution in [1.82, 2.24) is 0 Å². The Bertz CT molecular complexity index is 404. The Morgan fingerprint density at radius 1 is 1.38 bits per heavy atom. The van der Waals surface area contributed by atoms with Crippen LogP contribution in [0.15, 0.2) is 4.42 Å². The van der Waals surface area contributed by atoms with E-state index in [0.29, 0.717) is 0 Å². The van der Waals surface area contributed by atoms with E-state index >= 15 is 0 Å². The van der Waals surface area contributed by atoms with Gasteiger partial charge >= 0.3 is 12.1 Å². The molecule has 0 atom stereocenters. The van der Waals surface area contributed by atoms with E-state index in [2.05, 4.69) is 9.15 Å². The Kier molecular flexibility index (Phi) is 3.30. The molecule has 1 rings (SSSR count). The molecule has 0 bridgehead atoms. The van der Waals surface area contributed by atoms with Crippen LogP contribution in [-0.4, -0.2) is 12.6 Å². The summed E-state index contributed by atoms with van der Waals surface area (Å²) >= 11 is 0. The Balaban J connectivity index is 3.30. The minimum Gasteiger partial charge on any atom is -0.462 e. The summed E-state index contributed by atoms with van der Waals surface area (Å²) in [6.07, 6.45) is -4.69. The molecule has 16 heavy (non-hydrogen) atoms. The Hall–Kier alpha value is -1.46. The first-order valence-electron chi connectivity index (χ1n) is 4.63. The van der Waals surface area contributed by atoms with Crippen LogP contribution in [0, 0.1) is 13.8 Å². The van der Waals surface area contributed by atoms with Crippen molar-refractivity contribution in [2.24, 2.45) is 0 Å². The number of ether oxygens (including phenoxy) is 1. The first kappa shape index (κ1) is 12.6. The van der Waals surface area contributed by atoms with Crippen molar-refractivity contribution in [2.75, 3.05) is 6.61 Å². The lowest BCUT2D eigenvalue weighted by Gasteiger charge is -2.06. The molecule has 1 heterocycles. The molecule has 0 aliphatic carbocycles. The van der Waals surface area contributed by atoms with Crippen molar-refractivity contribution in [3.63, 3.8) is 0 Å². The highest BCUT2D eigenvalue weighted by atomic mass is 19.4. The fraction of sp³-hybridized carbons (Fsp3) is 0.500. The lowest BCUT2D eigenvalue weighted by molar-refractivity contribution is -0.153. The number of esters is 1. The summed E-state index contributed by atoms with van der Waals surface area (Å²) in [5, 5.41) is 0. The second kappa shape index (κ2) is 4.19. The van der Waals surface area contributed by atoms with Crippen LogP contribution in [0.2, 0.25) is 0 Å². The first-order valence-corrected chi connectivity index (χ1v) is 4.63. The summed E-state index contributed by atoms with van der Waals surface area (Å²) in [6.45, 7) is 4.29. The van der Waals surface area contributed by atoms with Crippen molar-refractivity contribution in [2.45, 2.75) is 26.9 Å². The van der Waals surface area contributed by atoms with Gasteiger partial charge in [-0.25, -0.2) is 4.79 Å². The highest BCUT2D eigenvalue weighted by molar-refractivity contribution is 5.92. The van der Waals surface area contributed by atoms with Gasteiger partial charge in [0.05, 0.1) is 6.61 Å². The number of carbonyl (C=O) groups excluding carboxylic acids is 1. The number of aryl methyl sites for hydroxylation is 1. The van der Waals surface area contributed by atoms with E-state index in [9.17, 15) is 18.0 Å². The molecular formula is C10H11F3O3. The Labute approximate surface area is 90.2 Å². The largest absolute Gasteiger partial charge is 0.462 e. The second-order valence-corrected chi connectivity index (χ2v) is 3.21. The summed E-state index contributed by atoms with van der Waals surface area (Å²) in [5.74, 6) is -2.24. The molecule has 1 aromatic heterocycles. The van der Waals surface area contributed by atoms with E-state index in [1.807, 2.05) is 0 Å². The SMILES string of the molecule is CCOC(=O)c1c(C(F)(F)F)oc(C)c1C. The lowest BCUT2D eigenvalue weighted by Crippen LogP contribution is -2.13. The number of halogens is 3. The summed E-state index contributed by atoms with van der Waals surface area (Å²) in [7, 11) is 0. The molecule has 0 aromatic carbocycles. The van der Waals surface area contributed by atoms with Gasteiger partial charge in [-0.1, -0.05) is 0 Å². The summed E-state index contributed by atoms with van der Waals surface area (Å²) < 4.78 is 46.7. The van der Waals surface area contributed by atoms with Crippen LogP contribution >= 0.6 is 0 Å². The predicted octanol–water partition coefficient (Wildman–Crippen LogP) is 3.09. The van der Waals surface area contributed by atoms with Crippen molar-refractivity contribution in [3.8, 4) is 0 Å². The molecule has 3 nitrogen and oxygen atoms in total. The molecule has 0 saturated carbocycles. The van der Waals surface area contributed by atoms with Crippen LogP contribution < -0.4 is 0 Å². The minimum atomic E-state index is -4.69. The van der Waals surface area contributed by atoms with Gasteiger partial charge in [-0.3, -0.25) is 0 Å². The number of rotatable bonds is 2. The second-order valence-electron chi connectivity index (χ2n) is 3.21. The van der Waals surface area contributed by atoms with E-state index in [1.165, 1.54) is 20.8 Å². The summed E-state index contributed by atoms with van der Waals surface area (Å²) in [5.41, 5.74) is -0.377. The van der Waals surface area contributed by atoms with Gasteiger partial charge in [0.15, 0.2) is 0 Å². The zero-order valence-corrected chi connectivity index (χ0v) is 9.07. The topological polar surface area (TPSA) is 39.4 Å². The zero-order chi connectivity index (χ0) is 12.5. The molecule has 6 heteroatoms. The maximum Gasteiger partial charge on any atom is 0.450 e. The van der Waals surface area contributed by atoms with Gasteiger partial charge in [-0.05, 0) is 20.8 Å². The summed E-state index contributed by atoms with van der Waals surface area (Å²) in [6, 6.07) is 0. The molecule has 0 aliphatic heterocycles. The quantitative estimate of drug-likeness (QED) is 0.740. The number of alkyl halides is 3. The molecule has 0 saturated heterocycles. The van der Waals surface area contributed by atoms with Crippen LogP contribution in [0.3, 0.4) is 0 Å². The van der Waals surface area contributed by atoms with Crippen molar-refractivity contribution in [1.29, 1.82) is 0 Å². The van der Waals surface area contributed by atoms with Gasteiger partial charge in [-0.15, -0.1) is 0 Å². The predicted molar refractivity (Wildman–Crippen MR) is 49.1 cm³/mol. The minimum absolute atomic E-state index is 0.0137. The van der Waals surface area contributed by atoms with Gasteiger partial charge in [0.1, 0.15) is 11.3 Å². The zero-order valence-electron chi connectivity index (χ0n) is 9.07. The Morgan fingerprint density at radius 2 is 1.94 bits per heavy atom. The molecule has 0 spiro atoms. The highest BCUT2D eigenvalue weighted by Crippen LogP contribution is 2.36.